The Labute approximate surface area is 255 Å². The summed E-state index contributed by atoms with van der Waals surface area (Å²) in [4.78, 5) is 26.1. The molecule has 0 radical (unpaired) electrons. The third kappa shape index (κ3) is 7.45. The van der Waals surface area contributed by atoms with Gasteiger partial charge in [0.15, 0.2) is 17.0 Å². The van der Waals surface area contributed by atoms with E-state index in [1.807, 2.05) is 53.1 Å². The number of rotatable bonds is 14. The van der Waals surface area contributed by atoms with Gasteiger partial charge in [-0.05, 0) is 43.9 Å². The van der Waals surface area contributed by atoms with E-state index in [0.29, 0.717) is 41.6 Å². The third-order valence-electron chi connectivity index (χ3n) is 7.47. The molecule has 0 saturated heterocycles. The molecule has 0 spiro atoms. The predicted molar refractivity (Wildman–Crippen MR) is 167 cm³/mol. The molecule has 2 aromatic carbocycles. The second kappa shape index (κ2) is 13.2. The number of nitrogens with one attached hydrogen (secondary N) is 2. The number of aromatic nitrogens is 4. The van der Waals surface area contributed by atoms with Gasteiger partial charge >= 0.3 is 13.7 Å². The molecule has 4 aromatic rings. The summed E-state index contributed by atoms with van der Waals surface area (Å²) in [6.45, 7) is 1.87. The lowest BCUT2D eigenvalue weighted by Crippen LogP contribution is -2.35. The normalized spacial score (nSPS) is 19.8. The highest BCUT2D eigenvalue weighted by molar-refractivity contribution is 7.52. The first-order valence-corrected chi connectivity index (χ1v) is 16.3. The Morgan fingerprint density at radius 3 is 2.59 bits per heavy atom. The molecule has 6 rings (SSSR count). The highest BCUT2D eigenvalue weighted by Gasteiger charge is 2.34. The van der Waals surface area contributed by atoms with E-state index < -0.39 is 19.8 Å². The number of imidazole rings is 1. The number of nitrogens with zero attached hydrogens (tertiary/aromatic N) is 4. The smallest absolute Gasteiger partial charge is 0.459 e. The van der Waals surface area contributed by atoms with Crippen LogP contribution >= 0.6 is 7.75 Å². The molecule has 44 heavy (non-hydrogen) atoms. The average molecular weight is 618 g/mol. The molecule has 0 aliphatic heterocycles. The summed E-state index contributed by atoms with van der Waals surface area (Å²) in [5.41, 5.74) is 8.40. The summed E-state index contributed by atoms with van der Waals surface area (Å²) < 4.78 is 33.1. The molecule has 12 nitrogen and oxygen atoms in total. The minimum Gasteiger partial charge on any atom is -0.464 e. The number of para-hydroxylation sites is 1. The fraction of sp³-hybridized carbons (Fsp3) is 0.355. The van der Waals surface area contributed by atoms with Gasteiger partial charge in [-0.2, -0.15) is 15.1 Å². The molecule has 2 aliphatic carbocycles. The van der Waals surface area contributed by atoms with E-state index in [1.54, 1.807) is 37.5 Å². The van der Waals surface area contributed by atoms with Crippen molar-refractivity contribution >= 4 is 36.6 Å². The van der Waals surface area contributed by atoms with Crippen molar-refractivity contribution < 1.29 is 23.1 Å². The number of carbonyl (C=O) groups excluding carboxylic acids is 1. The van der Waals surface area contributed by atoms with Crippen LogP contribution in [0.3, 0.4) is 0 Å². The molecule has 4 N–H and O–H groups in total. The molecule has 0 bridgehead atoms. The summed E-state index contributed by atoms with van der Waals surface area (Å²) >= 11 is 0. The first kappa shape index (κ1) is 29.8. The van der Waals surface area contributed by atoms with Gasteiger partial charge < -0.3 is 24.9 Å². The SMILES string of the molecule is C[C@H](NP(=O)(OC[C@@H]1C=CC(n2cnc3c(NC4CC4)nc(N)nc32)C1)Oc1ccccc1)C(=O)OCCc1ccccc1. The molecule has 2 unspecified atom stereocenters. The fourth-order valence-electron chi connectivity index (χ4n) is 5.01. The molecule has 2 aromatic heterocycles. The van der Waals surface area contributed by atoms with Crippen molar-refractivity contribution in [2.24, 2.45) is 5.92 Å². The maximum Gasteiger partial charge on any atom is 0.459 e. The van der Waals surface area contributed by atoms with Crippen LogP contribution in [-0.2, 0) is 25.0 Å². The van der Waals surface area contributed by atoms with Gasteiger partial charge in [-0.3, -0.25) is 9.32 Å². The topological polar surface area (TPSA) is 156 Å². The maximum absolute atomic E-state index is 14.0. The molecule has 0 amide bonds. The highest BCUT2D eigenvalue weighted by atomic mass is 31.2. The number of ether oxygens (including phenoxy) is 1. The Balaban J connectivity index is 1.09. The number of hydrogen-bond acceptors (Lipinski definition) is 10. The lowest BCUT2D eigenvalue weighted by molar-refractivity contribution is -0.145. The van der Waals surface area contributed by atoms with Crippen LogP contribution in [0.2, 0.25) is 0 Å². The van der Waals surface area contributed by atoms with Gasteiger partial charge in [-0.1, -0.05) is 60.7 Å². The van der Waals surface area contributed by atoms with Crippen LogP contribution in [0.15, 0.2) is 79.1 Å². The average Bonchev–Trinajstić information content (AvgIpc) is 3.53. The summed E-state index contributed by atoms with van der Waals surface area (Å²) in [7, 11) is -3.98. The number of anilines is 2. The van der Waals surface area contributed by atoms with E-state index in [-0.39, 0.29) is 31.1 Å². The number of nitrogens with two attached hydrogens (primary N) is 1. The highest BCUT2D eigenvalue weighted by Crippen LogP contribution is 2.46. The fourth-order valence-corrected chi connectivity index (χ4v) is 6.56. The zero-order chi connectivity index (χ0) is 30.5. The van der Waals surface area contributed by atoms with Crippen LogP contribution in [0, 0.1) is 5.92 Å². The van der Waals surface area contributed by atoms with Crippen LogP contribution in [0.4, 0.5) is 11.8 Å². The molecular weight excluding hydrogens is 581 g/mol. The van der Waals surface area contributed by atoms with Crippen LogP contribution in [-0.4, -0.2) is 50.8 Å². The van der Waals surface area contributed by atoms with E-state index in [0.717, 1.165) is 18.4 Å². The largest absolute Gasteiger partial charge is 0.464 e. The number of carbonyl (C=O) groups is 1. The zero-order valence-electron chi connectivity index (χ0n) is 24.4. The summed E-state index contributed by atoms with van der Waals surface area (Å²) in [5, 5.41) is 6.15. The number of esters is 1. The molecule has 2 aliphatic rings. The molecule has 230 valence electrons. The van der Waals surface area contributed by atoms with Crippen LogP contribution in [0.1, 0.15) is 37.8 Å². The lowest BCUT2D eigenvalue weighted by atomic mass is 10.1. The number of allylic oxidation sites excluding steroid dienone is 1. The quantitative estimate of drug-likeness (QED) is 0.0987. The number of fused-ring (bicyclic) bond motifs is 1. The summed E-state index contributed by atoms with van der Waals surface area (Å²) in [6, 6.07) is 17.8. The van der Waals surface area contributed by atoms with Crippen molar-refractivity contribution in [2.75, 3.05) is 24.3 Å². The van der Waals surface area contributed by atoms with Crippen molar-refractivity contribution in [2.45, 2.75) is 50.7 Å². The van der Waals surface area contributed by atoms with Gasteiger partial charge in [0, 0.05) is 18.4 Å². The number of benzene rings is 2. The summed E-state index contributed by atoms with van der Waals surface area (Å²) in [5.74, 6) is 0.551. The summed E-state index contributed by atoms with van der Waals surface area (Å²) in [6.07, 6.45) is 9.23. The van der Waals surface area contributed by atoms with E-state index >= 15 is 0 Å². The third-order valence-corrected chi connectivity index (χ3v) is 9.12. The Kier molecular flexibility index (Phi) is 8.92. The monoisotopic (exact) mass is 617 g/mol. The maximum atomic E-state index is 14.0. The van der Waals surface area contributed by atoms with Crippen LogP contribution in [0.5, 0.6) is 5.75 Å². The second-order valence-electron chi connectivity index (χ2n) is 11.1. The van der Waals surface area contributed by atoms with Gasteiger partial charge in [0.05, 0.1) is 25.6 Å². The molecule has 1 fully saturated rings. The van der Waals surface area contributed by atoms with Crippen molar-refractivity contribution in [1.29, 1.82) is 0 Å². The minimum absolute atomic E-state index is 0.0578. The standard InChI is InChI=1S/C31H36N7O5P/c1-21(30(39)41-17-16-22-8-4-2-5-9-22)37-44(40,43-26-10-6-3-7-11-26)42-19-23-12-15-25(18-23)38-20-33-27-28(34-24-13-14-24)35-31(32)36-29(27)38/h2-12,15,20-21,23-25H,13-14,16-19H2,1H3,(H,37,40)(H3,32,34,35,36)/t21-,23+,25?,44?/m0/s1. The van der Waals surface area contributed by atoms with Crippen molar-refractivity contribution in [3.63, 3.8) is 0 Å². The Bertz CT molecular complexity index is 1660. The molecule has 2 heterocycles. The second-order valence-corrected chi connectivity index (χ2v) is 12.8. The van der Waals surface area contributed by atoms with Crippen LogP contribution < -0.4 is 20.7 Å². The van der Waals surface area contributed by atoms with Crippen molar-refractivity contribution in [3.8, 4) is 5.75 Å². The Morgan fingerprint density at radius 1 is 1.09 bits per heavy atom. The van der Waals surface area contributed by atoms with E-state index in [9.17, 15) is 9.36 Å². The zero-order valence-corrected chi connectivity index (χ0v) is 25.3. The first-order chi connectivity index (χ1) is 21.3. The van der Waals surface area contributed by atoms with E-state index in [4.69, 9.17) is 19.5 Å². The lowest BCUT2D eigenvalue weighted by Gasteiger charge is -2.24. The Hall–Kier alpha value is -4.25. The predicted octanol–water partition coefficient (Wildman–Crippen LogP) is 5.07. The number of nitrogen functional groups attached to an aromatic ring is 1. The van der Waals surface area contributed by atoms with Gasteiger partial charge in [0.25, 0.3) is 0 Å². The molecule has 1 saturated carbocycles. The van der Waals surface area contributed by atoms with Crippen molar-refractivity contribution in [1.82, 2.24) is 24.6 Å². The van der Waals surface area contributed by atoms with E-state index in [2.05, 4.69) is 25.4 Å². The van der Waals surface area contributed by atoms with E-state index in [1.165, 1.54) is 0 Å². The molecule has 13 heteroatoms. The van der Waals surface area contributed by atoms with Crippen LogP contribution in [0.25, 0.3) is 11.2 Å². The first-order valence-electron chi connectivity index (χ1n) is 14.8. The van der Waals surface area contributed by atoms with Gasteiger partial charge in [-0.15, -0.1) is 0 Å². The Morgan fingerprint density at radius 2 is 1.84 bits per heavy atom. The van der Waals surface area contributed by atoms with Gasteiger partial charge in [0.2, 0.25) is 5.95 Å². The number of hydrogen-bond donors (Lipinski definition) is 3. The minimum atomic E-state index is -3.98. The molecule has 4 atom stereocenters. The van der Waals surface area contributed by atoms with Crippen molar-refractivity contribution in [3.05, 3.63) is 84.7 Å². The molecular formula is C31H36N7O5P. The van der Waals surface area contributed by atoms with Gasteiger partial charge in [0.1, 0.15) is 11.8 Å². The van der Waals surface area contributed by atoms with Gasteiger partial charge in [-0.25, -0.2) is 9.55 Å².